The fourth-order valence-electron chi connectivity index (χ4n) is 3.62. The van der Waals surface area contributed by atoms with Gasteiger partial charge in [0.15, 0.2) is 17.7 Å². The van der Waals surface area contributed by atoms with E-state index in [9.17, 15) is 32.2 Å². The summed E-state index contributed by atoms with van der Waals surface area (Å²) in [5.41, 5.74) is 0.724. The Hall–Kier alpha value is -2.95. The van der Waals surface area contributed by atoms with E-state index < -0.39 is 58.9 Å². The number of carbonyl (C=O) groups is 1. The molecule has 0 unspecified atom stereocenters. The highest BCUT2D eigenvalue weighted by molar-refractivity contribution is 7.84. The SMILES string of the molecule is NS(=O)(=O)OC[C@H]1O[C@@H](n2cnc3c(CCC(=O)c4cc(F)cc(F)c4)ncnc32)[C@H](O)[C@@H]1O. The Morgan fingerprint density at radius 3 is 2.53 bits per heavy atom. The molecule has 1 aliphatic rings. The van der Waals surface area contributed by atoms with Gasteiger partial charge in [-0.2, -0.15) is 8.42 Å². The Morgan fingerprint density at radius 1 is 1.15 bits per heavy atom. The van der Waals surface area contributed by atoms with E-state index in [1.165, 1.54) is 17.2 Å². The normalized spacial score (nSPS) is 23.0. The average molecular weight is 499 g/mol. The standard InChI is InChI=1S/C19H19F2N5O7S/c20-10-3-9(4-11(21)5-10)13(27)2-1-12-15-18(24-7-23-12)26(8-25-15)19-17(29)16(28)14(33-19)6-32-34(22,30)31/h3-5,7-8,14,16-17,19,28-29H,1-2,6H2,(H2,22,30,31)/t14-,16-,17-,19-/m1/s1. The van der Waals surface area contributed by atoms with Crippen LogP contribution in [0.2, 0.25) is 0 Å². The molecule has 4 N–H and O–H groups in total. The number of hydrogen-bond acceptors (Lipinski definition) is 10. The van der Waals surface area contributed by atoms with Crippen molar-refractivity contribution in [3.05, 3.63) is 53.7 Å². The zero-order chi connectivity index (χ0) is 24.6. The molecular formula is C19H19F2N5O7S. The highest BCUT2D eigenvalue weighted by Crippen LogP contribution is 2.32. The lowest BCUT2D eigenvalue weighted by atomic mass is 10.0. The molecule has 3 heterocycles. The first-order chi connectivity index (χ1) is 16.0. The average Bonchev–Trinajstić information content (AvgIpc) is 3.31. The highest BCUT2D eigenvalue weighted by Gasteiger charge is 2.45. The second kappa shape index (κ2) is 9.36. The van der Waals surface area contributed by atoms with Gasteiger partial charge in [-0.25, -0.2) is 28.9 Å². The third-order valence-corrected chi connectivity index (χ3v) is 5.68. The summed E-state index contributed by atoms with van der Waals surface area (Å²) in [6.07, 6.45) is -2.93. The number of aryl methyl sites for hydroxylation is 1. The summed E-state index contributed by atoms with van der Waals surface area (Å²) in [5, 5.41) is 25.4. The Balaban J connectivity index is 1.52. The zero-order valence-electron chi connectivity index (χ0n) is 17.3. The number of ketones is 1. The molecule has 0 amide bonds. The third-order valence-electron chi connectivity index (χ3n) is 5.22. The van der Waals surface area contributed by atoms with Gasteiger partial charge in [0.05, 0.1) is 18.6 Å². The molecule has 15 heteroatoms. The van der Waals surface area contributed by atoms with E-state index in [4.69, 9.17) is 9.88 Å². The van der Waals surface area contributed by atoms with Crippen molar-refractivity contribution in [3.63, 3.8) is 0 Å². The minimum absolute atomic E-state index is 0.0779. The number of nitrogens with two attached hydrogens (primary N) is 1. The van der Waals surface area contributed by atoms with Gasteiger partial charge in [-0.1, -0.05) is 0 Å². The van der Waals surface area contributed by atoms with Crippen molar-refractivity contribution in [2.24, 2.45) is 5.14 Å². The Labute approximate surface area is 191 Å². The van der Waals surface area contributed by atoms with E-state index in [2.05, 4.69) is 19.1 Å². The number of fused-ring (bicyclic) bond motifs is 1. The maximum atomic E-state index is 13.4. The lowest BCUT2D eigenvalue weighted by molar-refractivity contribution is -0.0467. The number of nitrogens with zero attached hydrogens (tertiary/aromatic N) is 4. The number of benzene rings is 1. The van der Waals surface area contributed by atoms with Crippen LogP contribution >= 0.6 is 0 Å². The molecule has 0 spiro atoms. The van der Waals surface area contributed by atoms with Gasteiger partial charge in [-0.15, -0.1) is 0 Å². The van der Waals surface area contributed by atoms with Crippen molar-refractivity contribution in [1.29, 1.82) is 0 Å². The molecule has 4 rings (SSSR count). The Kier molecular flexibility index (Phi) is 6.66. The van der Waals surface area contributed by atoms with Gasteiger partial charge < -0.3 is 14.9 Å². The summed E-state index contributed by atoms with van der Waals surface area (Å²) in [6.45, 7) is -0.622. The molecule has 0 aliphatic carbocycles. The van der Waals surface area contributed by atoms with Gasteiger partial charge >= 0.3 is 10.3 Å². The first kappa shape index (κ1) is 24.2. The molecule has 0 saturated carbocycles. The number of hydrogen-bond donors (Lipinski definition) is 3. The van der Waals surface area contributed by atoms with Crippen molar-refractivity contribution in [2.45, 2.75) is 37.4 Å². The van der Waals surface area contributed by atoms with E-state index in [0.717, 1.165) is 12.1 Å². The number of halogens is 2. The van der Waals surface area contributed by atoms with Crippen molar-refractivity contribution < 1.29 is 41.1 Å². The van der Waals surface area contributed by atoms with Crippen LogP contribution in [-0.2, 0) is 25.6 Å². The van der Waals surface area contributed by atoms with E-state index in [1.807, 2.05) is 0 Å². The van der Waals surface area contributed by atoms with Gasteiger partial charge in [-0.3, -0.25) is 13.5 Å². The topological polar surface area (TPSA) is 180 Å². The summed E-state index contributed by atoms with van der Waals surface area (Å²) >= 11 is 0. The second-order valence-corrected chi connectivity index (χ2v) is 8.77. The molecule has 1 saturated heterocycles. The van der Waals surface area contributed by atoms with E-state index in [1.54, 1.807) is 0 Å². The quantitative estimate of drug-likeness (QED) is 0.350. The molecule has 4 atom stereocenters. The molecule has 34 heavy (non-hydrogen) atoms. The van der Waals surface area contributed by atoms with Gasteiger partial charge in [0.25, 0.3) is 0 Å². The first-order valence-electron chi connectivity index (χ1n) is 9.88. The van der Waals surface area contributed by atoms with Crippen LogP contribution in [0.15, 0.2) is 30.9 Å². The minimum atomic E-state index is -4.28. The second-order valence-electron chi connectivity index (χ2n) is 7.55. The molecular weight excluding hydrogens is 480 g/mol. The van der Waals surface area contributed by atoms with Crippen molar-refractivity contribution in [3.8, 4) is 0 Å². The number of carbonyl (C=O) groups excluding carboxylic acids is 1. The molecule has 0 radical (unpaired) electrons. The summed E-state index contributed by atoms with van der Waals surface area (Å²) in [7, 11) is -4.28. The Morgan fingerprint density at radius 2 is 1.85 bits per heavy atom. The van der Waals surface area contributed by atoms with Crippen molar-refractivity contribution in [1.82, 2.24) is 19.5 Å². The molecule has 3 aromatic rings. The number of Topliss-reactive ketones (excluding diaryl/α,β-unsaturated/α-hetero) is 1. The smallest absolute Gasteiger partial charge is 0.333 e. The highest BCUT2D eigenvalue weighted by atomic mass is 32.2. The fourth-order valence-corrected chi connectivity index (χ4v) is 3.94. The predicted octanol–water partition coefficient (Wildman–Crippen LogP) is -0.241. The molecule has 2 aromatic heterocycles. The number of ether oxygens (including phenoxy) is 1. The van der Waals surface area contributed by atoms with Gasteiger partial charge in [0, 0.05) is 18.1 Å². The van der Waals surface area contributed by atoms with Crippen LogP contribution in [-0.4, -0.2) is 68.9 Å². The maximum absolute atomic E-state index is 13.4. The van der Waals surface area contributed by atoms with Crippen LogP contribution in [0, 0.1) is 11.6 Å². The minimum Gasteiger partial charge on any atom is -0.387 e. The fraction of sp³-hybridized carbons (Fsp3) is 0.368. The molecule has 182 valence electrons. The van der Waals surface area contributed by atoms with E-state index in [-0.39, 0.29) is 29.6 Å². The zero-order valence-corrected chi connectivity index (χ0v) is 18.1. The van der Waals surface area contributed by atoms with E-state index >= 15 is 0 Å². The van der Waals surface area contributed by atoms with Crippen LogP contribution in [0.25, 0.3) is 11.2 Å². The lowest BCUT2D eigenvalue weighted by Crippen LogP contribution is -2.35. The Bertz CT molecular complexity index is 1320. The lowest BCUT2D eigenvalue weighted by Gasteiger charge is -2.16. The first-order valence-corrected chi connectivity index (χ1v) is 11.3. The number of rotatable bonds is 8. The predicted molar refractivity (Wildman–Crippen MR) is 109 cm³/mol. The maximum Gasteiger partial charge on any atom is 0.333 e. The van der Waals surface area contributed by atoms with Gasteiger partial charge in [0.2, 0.25) is 0 Å². The molecule has 1 aliphatic heterocycles. The summed E-state index contributed by atoms with van der Waals surface area (Å²) in [5.74, 6) is -2.23. The molecule has 12 nitrogen and oxygen atoms in total. The van der Waals surface area contributed by atoms with E-state index in [0.29, 0.717) is 11.8 Å². The number of aliphatic hydroxyl groups excluding tert-OH is 2. The van der Waals surface area contributed by atoms with Crippen LogP contribution in [0.4, 0.5) is 8.78 Å². The van der Waals surface area contributed by atoms with Crippen molar-refractivity contribution >= 4 is 27.3 Å². The number of aromatic nitrogens is 4. The van der Waals surface area contributed by atoms with Gasteiger partial charge in [0.1, 0.15) is 41.8 Å². The molecule has 0 bridgehead atoms. The van der Waals surface area contributed by atoms with Crippen LogP contribution in [0.5, 0.6) is 0 Å². The number of imidazole rings is 1. The largest absolute Gasteiger partial charge is 0.387 e. The van der Waals surface area contributed by atoms with Crippen LogP contribution in [0.1, 0.15) is 28.7 Å². The van der Waals surface area contributed by atoms with Crippen LogP contribution in [0.3, 0.4) is 0 Å². The molecule has 1 fully saturated rings. The monoisotopic (exact) mass is 499 g/mol. The van der Waals surface area contributed by atoms with Gasteiger partial charge in [-0.05, 0) is 18.6 Å². The summed E-state index contributed by atoms with van der Waals surface area (Å²) < 4.78 is 60.1. The van der Waals surface area contributed by atoms with Crippen LogP contribution < -0.4 is 5.14 Å². The summed E-state index contributed by atoms with van der Waals surface area (Å²) in [4.78, 5) is 24.8. The third kappa shape index (κ3) is 5.08. The summed E-state index contributed by atoms with van der Waals surface area (Å²) in [6, 6.07) is 2.55. The van der Waals surface area contributed by atoms with Crippen molar-refractivity contribution in [2.75, 3.05) is 6.61 Å². The molecule has 1 aromatic carbocycles. The number of aliphatic hydroxyl groups is 2.